The average molecular weight is 300 g/mol. The van der Waals surface area contributed by atoms with Gasteiger partial charge in [0.1, 0.15) is 0 Å². The van der Waals surface area contributed by atoms with Gasteiger partial charge in [-0.2, -0.15) is 0 Å². The van der Waals surface area contributed by atoms with Gasteiger partial charge in [-0.1, -0.05) is 88.3 Å². The molecule has 118 valence electrons. The van der Waals surface area contributed by atoms with Gasteiger partial charge in [0, 0.05) is 5.92 Å². The fraction of sp³-hybridized carbons (Fsp3) is 0.455. The van der Waals surface area contributed by atoms with Crippen LogP contribution in [0.1, 0.15) is 65.0 Å². The molecule has 0 aliphatic heterocycles. The molecular weight excluding hydrogens is 271 g/mol. The number of fused-ring (bicyclic) bond motifs is 1. The molecule has 0 aromatic heterocycles. The SMILES string of the molecule is CC1=CC=C(C(C)(C)C2C=C(C(C)(C)C)c3ccccc32)C1.[LiH]. The minimum atomic E-state index is 0. The van der Waals surface area contributed by atoms with Gasteiger partial charge in [-0.15, -0.1) is 0 Å². The van der Waals surface area contributed by atoms with Crippen LogP contribution in [0.3, 0.4) is 0 Å². The summed E-state index contributed by atoms with van der Waals surface area (Å²) in [6.07, 6.45) is 8.30. The predicted molar refractivity (Wildman–Crippen MR) is 104 cm³/mol. The van der Waals surface area contributed by atoms with E-state index in [1.807, 2.05) is 0 Å². The van der Waals surface area contributed by atoms with Crippen molar-refractivity contribution in [2.24, 2.45) is 10.8 Å². The molecule has 0 saturated carbocycles. The second-order valence-electron chi connectivity index (χ2n) is 8.50. The van der Waals surface area contributed by atoms with E-state index >= 15 is 0 Å². The Balaban J connectivity index is 0.00000192. The topological polar surface area (TPSA) is 0 Å². The van der Waals surface area contributed by atoms with E-state index in [1.165, 1.54) is 22.3 Å². The number of hydrogen-bond donors (Lipinski definition) is 0. The summed E-state index contributed by atoms with van der Waals surface area (Å²) < 4.78 is 0. The summed E-state index contributed by atoms with van der Waals surface area (Å²) in [5, 5.41) is 0. The van der Waals surface area contributed by atoms with Gasteiger partial charge in [0.05, 0.1) is 0 Å². The molecule has 0 saturated heterocycles. The fourth-order valence-electron chi connectivity index (χ4n) is 3.91. The number of rotatable bonds is 2. The average Bonchev–Trinajstić information content (AvgIpc) is 3.02. The van der Waals surface area contributed by atoms with Crippen LogP contribution in [0.25, 0.3) is 5.57 Å². The van der Waals surface area contributed by atoms with Crippen LogP contribution in [-0.2, 0) is 0 Å². The fourth-order valence-corrected chi connectivity index (χ4v) is 3.91. The van der Waals surface area contributed by atoms with Gasteiger partial charge in [-0.05, 0) is 40.9 Å². The Labute approximate surface area is 153 Å². The third kappa shape index (κ3) is 3.17. The van der Waals surface area contributed by atoms with Gasteiger partial charge >= 0.3 is 18.9 Å². The third-order valence-electron chi connectivity index (χ3n) is 5.37. The van der Waals surface area contributed by atoms with Crippen molar-refractivity contribution in [2.75, 3.05) is 0 Å². The molecule has 0 fully saturated rings. The van der Waals surface area contributed by atoms with Crippen molar-refractivity contribution in [1.82, 2.24) is 0 Å². The van der Waals surface area contributed by atoms with Crippen LogP contribution in [-0.4, -0.2) is 18.9 Å². The van der Waals surface area contributed by atoms with Crippen molar-refractivity contribution in [2.45, 2.75) is 53.9 Å². The quantitative estimate of drug-likeness (QED) is 0.599. The first kappa shape index (κ1) is 18.4. The molecule has 0 amide bonds. The Morgan fingerprint density at radius 1 is 0.957 bits per heavy atom. The third-order valence-corrected chi connectivity index (χ3v) is 5.37. The van der Waals surface area contributed by atoms with Crippen LogP contribution in [0.2, 0.25) is 0 Å². The Bertz CT molecular complexity index is 693. The van der Waals surface area contributed by atoms with Gasteiger partial charge in [-0.3, -0.25) is 0 Å². The Kier molecular flexibility index (Phi) is 4.92. The first-order chi connectivity index (χ1) is 10.2. The predicted octanol–water partition coefficient (Wildman–Crippen LogP) is 5.87. The van der Waals surface area contributed by atoms with Crippen LogP contribution >= 0.6 is 0 Å². The molecule has 2 aliphatic rings. The molecule has 2 aliphatic carbocycles. The van der Waals surface area contributed by atoms with Crippen molar-refractivity contribution in [3.05, 3.63) is 64.8 Å². The molecule has 23 heavy (non-hydrogen) atoms. The Morgan fingerprint density at radius 3 is 2.17 bits per heavy atom. The molecule has 0 bridgehead atoms. The zero-order valence-electron chi connectivity index (χ0n) is 14.8. The summed E-state index contributed by atoms with van der Waals surface area (Å²) in [4.78, 5) is 0. The molecule has 1 aromatic carbocycles. The van der Waals surface area contributed by atoms with E-state index in [9.17, 15) is 0 Å². The summed E-state index contributed by atoms with van der Waals surface area (Å²) in [6, 6.07) is 8.99. The molecule has 0 heterocycles. The van der Waals surface area contributed by atoms with Crippen LogP contribution in [0.5, 0.6) is 0 Å². The van der Waals surface area contributed by atoms with Gasteiger partial charge in [0.15, 0.2) is 0 Å². The minimum absolute atomic E-state index is 0. The summed E-state index contributed by atoms with van der Waals surface area (Å²) in [5.41, 5.74) is 7.87. The molecule has 0 N–H and O–H groups in total. The maximum absolute atomic E-state index is 2.54. The summed E-state index contributed by atoms with van der Waals surface area (Å²) in [5.74, 6) is 0.475. The van der Waals surface area contributed by atoms with Crippen LogP contribution in [0, 0.1) is 10.8 Å². The van der Waals surface area contributed by atoms with Gasteiger partial charge in [-0.25, -0.2) is 0 Å². The van der Waals surface area contributed by atoms with E-state index in [0.29, 0.717) is 5.92 Å². The summed E-state index contributed by atoms with van der Waals surface area (Å²) in [7, 11) is 0. The Morgan fingerprint density at radius 2 is 1.61 bits per heavy atom. The maximum atomic E-state index is 2.54. The van der Waals surface area contributed by atoms with E-state index < -0.39 is 0 Å². The zero-order chi connectivity index (χ0) is 16.1. The van der Waals surface area contributed by atoms with Crippen LogP contribution < -0.4 is 0 Å². The van der Waals surface area contributed by atoms with Crippen LogP contribution in [0.15, 0.2) is 53.6 Å². The number of allylic oxidation sites excluding steroid dienone is 6. The number of benzene rings is 1. The van der Waals surface area contributed by atoms with E-state index in [4.69, 9.17) is 0 Å². The normalized spacial score (nSPS) is 20.4. The van der Waals surface area contributed by atoms with Crippen molar-refractivity contribution in [3.63, 3.8) is 0 Å². The number of hydrogen-bond acceptors (Lipinski definition) is 0. The molecular formula is C22H29Li. The van der Waals surface area contributed by atoms with Gasteiger partial charge < -0.3 is 0 Å². The van der Waals surface area contributed by atoms with E-state index in [-0.39, 0.29) is 29.7 Å². The monoisotopic (exact) mass is 300 g/mol. The van der Waals surface area contributed by atoms with Crippen molar-refractivity contribution in [3.8, 4) is 0 Å². The molecule has 1 aromatic rings. The second kappa shape index (κ2) is 6.16. The van der Waals surface area contributed by atoms with E-state index in [2.05, 4.69) is 84.0 Å². The Hall–Kier alpha value is -0.963. The van der Waals surface area contributed by atoms with Crippen LogP contribution in [0.4, 0.5) is 0 Å². The van der Waals surface area contributed by atoms with E-state index in [1.54, 1.807) is 5.57 Å². The van der Waals surface area contributed by atoms with Crippen molar-refractivity contribution in [1.29, 1.82) is 0 Å². The molecule has 1 unspecified atom stereocenters. The molecule has 0 radical (unpaired) electrons. The van der Waals surface area contributed by atoms with E-state index in [0.717, 1.165) is 6.42 Å². The first-order valence-corrected chi connectivity index (χ1v) is 8.39. The molecule has 0 spiro atoms. The van der Waals surface area contributed by atoms with Gasteiger partial charge in [0.2, 0.25) is 0 Å². The first-order valence-electron chi connectivity index (χ1n) is 8.39. The summed E-state index contributed by atoms with van der Waals surface area (Å²) >= 11 is 0. The zero-order valence-corrected chi connectivity index (χ0v) is 14.8. The van der Waals surface area contributed by atoms with Crippen molar-refractivity contribution < 1.29 is 0 Å². The summed E-state index contributed by atoms with van der Waals surface area (Å²) in [6.45, 7) is 14.0. The van der Waals surface area contributed by atoms with Gasteiger partial charge in [0.25, 0.3) is 0 Å². The molecule has 3 rings (SSSR count). The molecule has 1 atom stereocenters. The molecule has 1 heteroatoms. The standard InChI is InChI=1S/C22H28.Li.H/c1-15-11-12-16(13-15)22(5,6)20-14-19(21(2,3)4)17-9-7-8-10-18(17)20;;/h7-12,14,20H,13H2,1-6H3;;. The second-order valence-corrected chi connectivity index (χ2v) is 8.50. The van der Waals surface area contributed by atoms with Crippen molar-refractivity contribution >= 4 is 24.4 Å². The molecule has 0 nitrogen and oxygen atoms in total.